The van der Waals surface area contributed by atoms with Crippen molar-refractivity contribution >= 4 is 40.0 Å². The molecule has 0 saturated carbocycles. The number of aromatic amines is 1. The van der Waals surface area contributed by atoms with Crippen LogP contribution in [0.4, 0.5) is 11.5 Å². The van der Waals surface area contributed by atoms with E-state index in [-0.39, 0.29) is 30.4 Å². The van der Waals surface area contributed by atoms with Crippen LogP contribution in [0, 0.1) is 6.92 Å². The Morgan fingerprint density at radius 3 is 2.68 bits per heavy atom. The summed E-state index contributed by atoms with van der Waals surface area (Å²) in [5, 5.41) is 6.95. The van der Waals surface area contributed by atoms with Gasteiger partial charge in [-0.3, -0.25) is 19.1 Å². The summed E-state index contributed by atoms with van der Waals surface area (Å²) in [5.74, 6) is -0.536. The van der Waals surface area contributed by atoms with Crippen LogP contribution in [0.1, 0.15) is 21.7 Å². The van der Waals surface area contributed by atoms with Crippen molar-refractivity contribution in [3.8, 4) is 0 Å². The molecule has 2 aromatic carbocycles. The van der Waals surface area contributed by atoms with Crippen LogP contribution in [0.2, 0.25) is 5.02 Å². The van der Waals surface area contributed by atoms with Crippen molar-refractivity contribution in [3.63, 3.8) is 0 Å². The van der Waals surface area contributed by atoms with E-state index in [1.54, 1.807) is 25.1 Å². The molecule has 34 heavy (non-hydrogen) atoms. The van der Waals surface area contributed by atoms with Crippen molar-refractivity contribution in [1.29, 1.82) is 0 Å². The average molecular weight is 483 g/mol. The molecular weight excluding hydrogens is 460 g/mol. The number of hydrogen-bond donors (Lipinski definition) is 3. The Hall–Kier alpha value is -3.82. The second kappa shape index (κ2) is 9.98. The number of aromatic nitrogens is 2. The van der Waals surface area contributed by atoms with Crippen LogP contribution >= 0.6 is 11.6 Å². The number of carbonyl (C=O) groups excluding carboxylic acids is 1. The number of amides is 1. The number of aryl methyl sites for hydroxylation is 1. The molecule has 0 spiro atoms. The molecule has 0 aliphatic rings. The number of nitrogens with one attached hydrogen (secondary N) is 3. The van der Waals surface area contributed by atoms with Crippen LogP contribution in [0.5, 0.6) is 0 Å². The summed E-state index contributed by atoms with van der Waals surface area (Å²) in [6.45, 7) is 2.34. The Morgan fingerprint density at radius 2 is 1.94 bits per heavy atom. The number of anilines is 2. The van der Waals surface area contributed by atoms with E-state index in [1.807, 2.05) is 30.3 Å². The van der Waals surface area contributed by atoms with Crippen molar-refractivity contribution in [1.82, 2.24) is 9.55 Å². The molecule has 0 bridgehead atoms. The van der Waals surface area contributed by atoms with Crippen LogP contribution < -0.4 is 21.9 Å². The van der Waals surface area contributed by atoms with E-state index in [0.717, 1.165) is 5.56 Å². The molecule has 2 heterocycles. The van der Waals surface area contributed by atoms with E-state index < -0.39 is 17.2 Å². The van der Waals surface area contributed by atoms with Gasteiger partial charge >= 0.3 is 5.69 Å². The zero-order chi connectivity index (χ0) is 24.2. The lowest BCUT2D eigenvalue weighted by atomic mass is 10.1. The van der Waals surface area contributed by atoms with Gasteiger partial charge in [-0.25, -0.2) is 4.79 Å². The van der Waals surface area contributed by atoms with Crippen molar-refractivity contribution in [2.75, 3.05) is 24.4 Å². The molecule has 0 radical (unpaired) electrons. The third-order valence-corrected chi connectivity index (χ3v) is 5.60. The molecule has 0 saturated heterocycles. The first-order valence-electron chi connectivity index (χ1n) is 10.5. The summed E-state index contributed by atoms with van der Waals surface area (Å²) < 4.78 is 12.1. The number of halogens is 1. The summed E-state index contributed by atoms with van der Waals surface area (Å²) in [6, 6.07) is 14.5. The summed E-state index contributed by atoms with van der Waals surface area (Å²) in [4.78, 5) is 40.8. The highest BCUT2D eigenvalue weighted by Gasteiger charge is 2.23. The van der Waals surface area contributed by atoms with Crippen LogP contribution in [-0.4, -0.2) is 29.2 Å². The normalized spacial score (nSPS) is 11.0. The number of nitrogens with zero attached hydrogens (tertiary/aromatic N) is 1. The van der Waals surface area contributed by atoms with Gasteiger partial charge < -0.3 is 19.8 Å². The highest BCUT2D eigenvalue weighted by molar-refractivity contribution is 6.31. The highest BCUT2D eigenvalue weighted by atomic mass is 35.5. The third kappa shape index (κ3) is 4.75. The minimum atomic E-state index is -0.671. The molecule has 4 rings (SSSR count). The molecule has 10 heteroatoms. The lowest BCUT2D eigenvalue weighted by Crippen LogP contribution is -2.36. The van der Waals surface area contributed by atoms with E-state index in [9.17, 15) is 14.4 Å². The molecule has 0 fully saturated rings. The second-order valence-corrected chi connectivity index (χ2v) is 8.05. The Morgan fingerprint density at radius 1 is 1.18 bits per heavy atom. The number of hydrogen-bond acceptors (Lipinski definition) is 6. The maximum Gasteiger partial charge on any atom is 0.330 e. The average Bonchev–Trinajstić information content (AvgIpc) is 3.15. The summed E-state index contributed by atoms with van der Waals surface area (Å²) in [7, 11) is 1.49. The first-order chi connectivity index (χ1) is 16.4. The van der Waals surface area contributed by atoms with Crippen LogP contribution in [0.25, 0.3) is 11.0 Å². The van der Waals surface area contributed by atoms with Gasteiger partial charge in [0.05, 0.1) is 13.2 Å². The van der Waals surface area contributed by atoms with Gasteiger partial charge in [0.2, 0.25) is 0 Å². The van der Waals surface area contributed by atoms with Crippen LogP contribution in [0.3, 0.4) is 0 Å². The Labute approximate surface area is 199 Å². The lowest BCUT2D eigenvalue weighted by molar-refractivity contribution is 0.0996. The number of ether oxygens (including phenoxy) is 1. The fourth-order valence-corrected chi connectivity index (χ4v) is 3.79. The first-order valence-corrected chi connectivity index (χ1v) is 10.9. The Kier molecular flexibility index (Phi) is 6.85. The molecule has 0 atom stereocenters. The number of H-pyrrole nitrogens is 1. The fourth-order valence-electron chi connectivity index (χ4n) is 3.62. The molecule has 3 N–H and O–H groups in total. The Balaban J connectivity index is 1.75. The molecule has 0 aliphatic carbocycles. The number of benzene rings is 2. The number of carbonyl (C=O) groups is 1. The van der Waals surface area contributed by atoms with Gasteiger partial charge in [0.25, 0.3) is 11.5 Å². The van der Waals surface area contributed by atoms with Gasteiger partial charge in [0, 0.05) is 29.6 Å². The van der Waals surface area contributed by atoms with Crippen LogP contribution in [0.15, 0.2) is 62.5 Å². The maximum absolute atomic E-state index is 13.2. The van der Waals surface area contributed by atoms with Crippen molar-refractivity contribution in [3.05, 3.63) is 91.3 Å². The lowest BCUT2D eigenvalue weighted by Gasteiger charge is -2.17. The topological polar surface area (TPSA) is 118 Å². The molecule has 176 valence electrons. The molecule has 0 aliphatic heterocycles. The molecule has 4 aromatic rings. The number of rotatable bonds is 8. The summed E-state index contributed by atoms with van der Waals surface area (Å²) in [5.41, 5.74) is 0.721. The molecule has 1 amide bonds. The molecule has 2 aromatic heterocycles. The smallest absolute Gasteiger partial charge is 0.330 e. The Bertz CT molecular complexity index is 1460. The minimum absolute atomic E-state index is 0.0182. The van der Waals surface area contributed by atoms with E-state index in [0.29, 0.717) is 28.1 Å². The summed E-state index contributed by atoms with van der Waals surface area (Å²) in [6.07, 6.45) is 0. The zero-order valence-corrected chi connectivity index (χ0v) is 19.4. The monoisotopic (exact) mass is 482 g/mol. The van der Waals surface area contributed by atoms with Gasteiger partial charge in [0.1, 0.15) is 17.1 Å². The van der Waals surface area contributed by atoms with E-state index >= 15 is 0 Å². The molecule has 9 nitrogen and oxygen atoms in total. The van der Waals surface area contributed by atoms with Crippen LogP contribution in [-0.2, 0) is 17.8 Å². The third-order valence-electron chi connectivity index (χ3n) is 5.37. The largest absolute Gasteiger partial charge is 0.451 e. The van der Waals surface area contributed by atoms with E-state index in [1.165, 1.54) is 11.7 Å². The second-order valence-electron chi connectivity index (χ2n) is 7.62. The van der Waals surface area contributed by atoms with E-state index in [2.05, 4.69) is 15.6 Å². The maximum atomic E-state index is 13.2. The van der Waals surface area contributed by atoms with Crippen molar-refractivity contribution in [2.24, 2.45) is 0 Å². The van der Waals surface area contributed by atoms with Crippen molar-refractivity contribution < 1.29 is 13.9 Å². The summed E-state index contributed by atoms with van der Waals surface area (Å²) >= 11 is 6.08. The standard InChI is InChI=1S/C24H23ClN4O5/c1-14-17-12-16(25)8-9-18(17)34-20(14)23(31)27-21-19(26-13-15-6-4-3-5-7-15)22(30)28-24(32)29(21)10-11-33-2/h3-9,12,26H,10-11,13H2,1-2H3,(H,27,31)(H,28,30,32). The predicted molar refractivity (Wildman–Crippen MR) is 131 cm³/mol. The van der Waals surface area contributed by atoms with Gasteiger partial charge in [0.15, 0.2) is 5.76 Å². The number of furan rings is 1. The van der Waals surface area contributed by atoms with E-state index in [4.69, 9.17) is 20.8 Å². The number of methoxy groups -OCH3 is 1. The number of fused-ring (bicyclic) bond motifs is 1. The van der Waals surface area contributed by atoms with Gasteiger partial charge in [-0.15, -0.1) is 0 Å². The minimum Gasteiger partial charge on any atom is -0.451 e. The van der Waals surface area contributed by atoms with Gasteiger partial charge in [-0.05, 0) is 30.7 Å². The highest BCUT2D eigenvalue weighted by Crippen LogP contribution is 2.29. The van der Waals surface area contributed by atoms with Crippen molar-refractivity contribution in [2.45, 2.75) is 20.0 Å². The SMILES string of the molecule is COCCn1c(NC(=O)c2oc3ccc(Cl)cc3c2C)c(NCc2ccccc2)c(=O)[nH]c1=O. The van der Waals surface area contributed by atoms with Gasteiger partial charge in [-0.2, -0.15) is 0 Å². The zero-order valence-electron chi connectivity index (χ0n) is 18.6. The molecule has 0 unspecified atom stereocenters. The first kappa shape index (κ1) is 23.3. The van der Waals surface area contributed by atoms with Gasteiger partial charge in [-0.1, -0.05) is 41.9 Å². The molecular formula is C24H23ClN4O5. The quantitative estimate of drug-likeness (QED) is 0.352. The fraction of sp³-hybridized carbons (Fsp3) is 0.208. The predicted octanol–water partition coefficient (Wildman–Crippen LogP) is 3.76.